The molecule has 3 rings (SSSR count). The minimum Gasteiger partial charge on any atom is -0.444 e. The lowest BCUT2D eigenvalue weighted by Gasteiger charge is -2.06. The lowest BCUT2D eigenvalue weighted by atomic mass is 10.0. The van der Waals surface area contributed by atoms with Crippen molar-refractivity contribution >= 4 is 27.5 Å². The standard InChI is InChI=1S/C18H18BrN3O2/c1-11-15(12(2)22(3)21-11)10-13-4-6-14(7-5-13)20-18(23)16-8-9-17(19)24-16/h4-9H,10H2,1-3H3,(H,20,23). The van der Waals surface area contributed by atoms with Crippen molar-refractivity contribution in [3.8, 4) is 0 Å². The summed E-state index contributed by atoms with van der Waals surface area (Å²) in [5, 5.41) is 7.26. The average molecular weight is 388 g/mol. The van der Waals surface area contributed by atoms with E-state index in [2.05, 4.69) is 33.3 Å². The van der Waals surface area contributed by atoms with Gasteiger partial charge in [0, 0.05) is 30.4 Å². The fourth-order valence-corrected chi connectivity index (χ4v) is 2.92. The van der Waals surface area contributed by atoms with Gasteiger partial charge in [-0.25, -0.2) is 0 Å². The van der Waals surface area contributed by atoms with Gasteiger partial charge in [0.25, 0.3) is 5.91 Å². The number of nitrogens with zero attached hydrogens (tertiary/aromatic N) is 2. The number of carbonyl (C=O) groups is 1. The van der Waals surface area contributed by atoms with Crippen LogP contribution in [-0.2, 0) is 13.5 Å². The van der Waals surface area contributed by atoms with Crippen molar-refractivity contribution in [1.29, 1.82) is 0 Å². The normalized spacial score (nSPS) is 10.8. The van der Waals surface area contributed by atoms with Crippen LogP contribution in [0, 0.1) is 13.8 Å². The Bertz CT molecular complexity index is 878. The number of benzene rings is 1. The Balaban J connectivity index is 1.70. The average Bonchev–Trinajstić information content (AvgIpc) is 3.08. The largest absolute Gasteiger partial charge is 0.444 e. The van der Waals surface area contributed by atoms with Crippen molar-refractivity contribution in [2.75, 3.05) is 5.32 Å². The molecule has 1 aromatic carbocycles. The monoisotopic (exact) mass is 387 g/mol. The van der Waals surface area contributed by atoms with Gasteiger partial charge in [0.05, 0.1) is 5.69 Å². The van der Waals surface area contributed by atoms with E-state index >= 15 is 0 Å². The van der Waals surface area contributed by atoms with Crippen molar-refractivity contribution in [2.24, 2.45) is 7.05 Å². The van der Waals surface area contributed by atoms with E-state index in [4.69, 9.17) is 4.42 Å². The molecule has 0 radical (unpaired) electrons. The minimum absolute atomic E-state index is 0.271. The molecule has 0 atom stereocenters. The van der Waals surface area contributed by atoms with E-state index in [-0.39, 0.29) is 11.7 Å². The van der Waals surface area contributed by atoms with E-state index in [9.17, 15) is 4.79 Å². The maximum absolute atomic E-state index is 12.1. The highest BCUT2D eigenvalue weighted by atomic mass is 79.9. The van der Waals surface area contributed by atoms with Gasteiger partial charge in [-0.15, -0.1) is 0 Å². The Morgan fingerprint density at radius 3 is 2.46 bits per heavy atom. The Morgan fingerprint density at radius 1 is 1.21 bits per heavy atom. The summed E-state index contributed by atoms with van der Waals surface area (Å²) in [6, 6.07) is 11.1. The molecule has 0 spiro atoms. The first-order chi connectivity index (χ1) is 11.4. The maximum atomic E-state index is 12.1. The molecule has 0 saturated heterocycles. The predicted octanol–water partition coefficient (Wildman–Crippen LogP) is 4.24. The summed E-state index contributed by atoms with van der Waals surface area (Å²) in [6.45, 7) is 4.10. The number of rotatable bonds is 4. The molecule has 1 amide bonds. The Kier molecular flexibility index (Phi) is 4.57. The van der Waals surface area contributed by atoms with Gasteiger partial charge in [-0.05, 0) is 59.6 Å². The van der Waals surface area contributed by atoms with Crippen LogP contribution in [0.5, 0.6) is 0 Å². The maximum Gasteiger partial charge on any atom is 0.291 e. The Hall–Kier alpha value is -2.34. The summed E-state index contributed by atoms with van der Waals surface area (Å²) in [7, 11) is 1.96. The molecular formula is C18H18BrN3O2. The molecule has 2 heterocycles. The number of furan rings is 1. The van der Waals surface area contributed by atoms with E-state index in [1.165, 1.54) is 16.8 Å². The molecule has 24 heavy (non-hydrogen) atoms. The van der Waals surface area contributed by atoms with E-state index < -0.39 is 0 Å². The van der Waals surface area contributed by atoms with E-state index in [1.54, 1.807) is 12.1 Å². The molecule has 124 valence electrons. The summed E-state index contributed by atoms with van der Waals surface area (Å²) in [6.07, 6.45) is 0.824. The van der Waals surface area contributed by atoms with E-state index in [0.717, 1.165) is 17.8 Å². The quantitative estimate of drug-likeness (QED) is 0.728. The number of aromatic nitrogens is 2. The molecule has 2 aromatic heterocycles. The highest BCUT2D eigenvalue weighted by Crippen LogP contribution is 2.20. The van der Waals surface area contributed by atoms with Crippen LogP contribution in [0.15, 0.2) is 45.5 Å². The molecule has 0 saturated carbocycles. The third-order valence-corrected chi connectivity index (χ3v) is 4.47. The first-order valence-corrected chi connectivity index (χ1v) is 8.38. The van der Waals surface area contributed by atoms with Crippen molar-refractivity contribution in [3.05, 3.63) is 69.3 Å². The summed E-state index contributed by atoms with van der Waals surface area (Å²) >= 11 is 3.19. The summed E-state index contributed by atoms with van der Waals surface area (Å²) < 4.78 is 7.68. The molecule has 5 nitrogen and oxygen atoms in total. The first kappa shape index (κ1) is 16.5. The zero-order valence-corrected chi connectivity index (χ0v) is 15.3. The highest BCUT2D eigenvalue weighted by molar-refractivity contribution is 9.10. The molecule has 1 N–H and O–H groups in total. The molecule has 0 aliphatic rings. The molecule has 0 aliphatic carbocycles. The van der Waals surface area contributed by atoms with Gasteiger partial charge in [0.1, 0.15) is 0 Å². The molecule has 0 fully saturated rings. The Labute approximate surface area is 148 Å². The predicted molar refractivity (Wildman–Crippen MR) is 96.3 cm³/mol. The lowest BCUT2D eigenvalue weighted by Crippen LogP contribution is -2.10. The smallest absolute Gasteiger partial charge is 0.291 e. The number of anilines is 1. The molecule has 6 heteroatoms. The van der Waals surface area contributed by atoms with Crippen molar-refractivity contribution in [2.45, 2.75) is 20.3 Å². The van der Waals surface area contributed by atoms with Crippen LogP contribution in [0.4, 0.5) is 5.69 Å². The number of halogens is 1. The second-order valence-electron chi connectivity index (χ2n) is 5.70. The molecule has 3 aromatic rings. The van der Waals surface area contributed by atoms with Gasteiger partial charge in [-0.2, -0.15) is 5.10 Å². The first-order valence-electron chi connectivity index (χ1n) is 7.58. The number of amides is 1. The second kappa shape index (κ2) is 6.65. The van der Waals surface area contributed by atoms with E-state index in [1.807, 2.05) is 42.9 Å². The number of carbonyl (C=O) groups excluding carboxylic acids is 1. The van der Waals surface area contributed by atoms with Gasteiger partial charge < -0.3 is 9.73 Å². The number of hydrogen-bond donors (Lipinski definition) is 1. The summed E-state index contributed by atoms with van der Waals surface area (Å²) in [5.74, 6) is -0.0000377. The number of aryl methyl sites for hydroxylation is 2. The van der Waals surface area contributed by atoms with Crippen LogP contribution in [0.3, 0.4) is 0 Å². The fraction of sp³-hybridized carbons (Fsp3) is 0.222. The molecule has 0 unspecified atom stereocenters. The second-order valence-corrected chi connectivity index (χ2v) is 6.49. The summed E-state index contributed by atoms with van der Waals surface area (Å²) in [4.78, 5) is 12.1. The van der Waals surface area contributed by atoms with Gasteiger partial charge in [-0.3, -0.25) is 9.48 Å². The van der Waals surface area contributed by atoms with Crippen LogP contribution in [0.1, 0.15) is 33.1 Å². The topological polar surface area (TPSA) is 60.1 Å². The van der Waals surface area contributed by atoms with Crippen LogP contribution in [0.25, 0.3) is 0 Å². The molecule has 0 bridgehead atoms. The van der Waals surface area contributed by atoms with Crippen molar-refractivity contribution in [3.63, 3.8) is 0 Å². The van der Waals surface area contributed by atoms with Crippen LogP contribution >= 0.6 is 15.9 Å². The van der Waals surface area contributed by atoms with Gasteiger partial charge >= 0.3 is 0 Å². The number of hydrogen-bond acceptors (Lipinski definition) is 3. The van der Waals surface area contributed by atoms with Crippen molar-refractivity contribution < 1.29 is 9.21 Å². The molecule has 0 aliphatic heterocycles. The molecular weight excluding hydrogens is 370 g/mol. The highest BCUT2D eigenvalue weighted by Gasteiger charge is 2.12. The van der Waals surface area contributed by atoms with Gasteiger partial charge in [-0.1, -0.05) is 12.1 Å². The van der Waals surface area contributed by atoms with Crippen LogP contribution < -0.4 is 5.32 Å². The Morgan fingerprint density at radius 2 is 1.92 bits per heavy atom. The van der Waals surface area contributed by atoms with Crippen LogP contribution in [0.2, 0.25) is 0 Å². The van der Waals surface area contributed by atoms with Gasteiger partial charge in [0.2, 0.25) is 0 Å². The fourth-order valence-electron chi connectivity index (χ4n) is 2.61. The summed E-state index contributed by atoms with van der Waals surface area (Å²) in [5.41, 5.74) is 5.38. The third-order valence-electron chi connectivity index (χ3n) is 4.05. The van der Waals surface area contributed by atoms with Crippen LogP contribution in [-0.4, -0.2) is 15.7 Å². The zero-order valence-electron chi connectivity index (χ0n) is 13.8. The lowest BCUT2D eigenvalue weighted by molar-refractivity contribution is 0.0995. The van der Waals surface area contributed by atoms with E-state index in [0.29, 0.717) is 4.67 Å². The zero-order chi connectivity index (χ0) is 17.3. The number of nitrogens with one attached hydrogen (secondary N) is 1. The SMILES string of the molecule is Cc1nn(C)c(C)c1Cc1ccc(NC(=O)c2ccc(Br)o2)cc1. The van der Waals surface area contributed by atoms with Crippen molar-refractivity contribution in [1.82, 2.24) is 9.78 Å². The van der Waals surface area contributed by atoms with Gasteiger partial charge in [0.15, 0.2) is 10.4 Å². The third kappa shape index (κ3) is 3.43. The minimum atomic E-state index is -0.271.